The molecule has 0 spiro atoms. The molecule has 0 fully saturated rings. The highest BCUT2D eigenvalue weighted by molar-refractivity contribution is 7.98. The maximum absolute atomic E-state index is 11.0. The lowest BCUT2D eigenvalue weighted by Gasteiger charge is -2.12. The molecule has 1 amide bonds. The lowest BCUT2D eigenvalue weighted by molar-refractivity contribution is -0.128. The van der Waals surface area contributed by atoms with Crippen LogP contribution in [0, 0.1) is 0 Å². The number of hydrogen-bond acceptors (Lipinski definition) is 5. The number of rotatable bonds is 8. The van der Waals surface area contributed by atoms with Gasteiger partial charge in [-0.05, 0) is 18.4 Å². The Hall–Kier alpha value is -0.300. The Labute approximate surface area is 88.3 Å². The molecule has 0 aliphatic heterocycles. The molecule has 6 heteroatoms. The topological polar surface area (TPSA) is 81.6 Å². The van der Waals surface area contributed by atoms with Crippen molar-refractivity contribution in [3.63, 3.8) is 0 Å². The smallest absolute Gasteiger partial charge is 0.257 e. The molecule has 0 rings (SSSR count). The summed E-state index contributed by atoms with van der Waals surface area (Å²) in [5, 5.41) is 16.4. The van der Waals surface area contributed by atoms with Crippen molar-refractivity contribution in [2.24, 2.45) is 0 Å². The van der Waals surface area contributed by atoms with Gasteiger partial charge in [0.2, 0.25) is 0 Å². The van der Waals surface area contributed by atoms with E-state index in [0.29, 0.717) is 6.42 Å². The zero-order valence-corrected chi connectivity index (χ0v) is 9.14. The van der Waals surface area contributed by atoms with Crippen LogP contribution in [0.25, 0.3) is 0 Å². The van der Waals surface area contributed by atoms with Crippen molar-refractivity contribution in [3.8, 4) is 0 Å². The van der Waals surface area contributed by atoms with Crippen LogP contribution >= 0.6 is 11.9 Å². The molecule has 0 aromatic rings. The largest absolute Gasteiger partial charge is 0.306 e. The molecule has 0 aromatic heterocycles. The number of unbranched alkanes of at least 4 members (excludes halogenated alkanes) is 3. The lowest BCUT2D eigenvalue weighted by atomic mass is 10.1. The van der Waals surface area contributed by atoms with Gasteiger partial charge in [0, 0.05) is 0 Å². The molecule has 1 unspecified atom stereocenters. The number of carbonyl (C=O) groups excluding carboxylic acids is 1. The Balaban J connectivity index is 3.67. The number of carbonyl (C=O) groups is 1. The minimum atomic E-state index is -0.479. The van der Waals surface area contributed by atoms with E-state index in [1.807, 2.05) is 4.89 Å². The van der Waals surface area contributed by atoms with Crippen molar-refractivity contribution >= 4 is 17.9 Å². The SMILES string of the molecule is CCCCCCC(SNO)C(=O)NO. The van der Waals surface area contributed by atoms with Gasteiger partial charge in [-0.2, -0.15) is 0 Å². The fraction of sp³-hybridized carbons (Fsp3) is 0.875. The van der Waals surface area contributed by atoms with Gasteiger partial charge in [-0.3, -0.25) is 10.0 Å². The zero-order chi connectivity index (χ0) is 10.8. The second kappa shape index (κ2) is 9.26. The number of amides is 1. The number of nitrogens with one attached hydrogen (secondary N) is 2. The third-order valence-corrected chi connectivity index (χ3v) is 2.76. The van der Waals surface area contributed by atoms with E-state index in [1.54, 1.807) is 5.48 Å². The van der Waals surface area contributed by atoms with Gasteiger partial charge in [-0.1, -0.05) is 32.6 Å². The van der Waals surface area contributed by atoms with Crippen LogP contribution in [0.3, 0.4) is 0 Å². The summed E-state index contributed by atoms with van der Waals surface area (Å²) in [6.45, 7) is 2.11. The zero-order valence-electron chi connectivity index (χ0n) is 8.32. The number of hydrogen-bond donors (Lipinski definition) is 4. The van der Waals surface area contributed by atoms with Crippen molar-refractivity contribution in [1.82, 2.24) is 10.4 Å². The van der Waals surface area contributed by atoms with Crippen LogP contribution in [-0.4, -0.2) is 21.6 Å². The standard InChI is InChI=1S/C8H18N2O3S/c1-2-3-4-5-6-7(14-10-13)8(11)9-12/h7,10,12-13H,2-6H2,1H3,(H,9,11). The quantitative estimate of drug-likeness (QED) is 0.216. The van der Waals surface area contributed by atoms with Gasteiger partial charge in [0.25, 0.3) is 5.91 Å². The van der Waals surface area contributed by atoms with E-state index in [1.165, 1.54) is 0 Å². The monoisotopic (exact) mass is 222 g/mol. The van der Waals surface area contributed by atoms with E-state index in [-0.39, 0.29) is 0 Å². The summed E-state index contributed by atoms with van der Waals surface area (Å²) in [6, 6.07) is 0. The summed E-state index contributed by atoms with van der Waals surface area (Å²) in [5.41, 5.74) is 1.58. The van der Waals surface area contributed by atoms with Crippen LogP contribution in [0.4, 0.5) is 0 Å². The molecule has 0 saturated heterocycles. The van der Waals surface area contributed by atoms with Crippen molar-refractivity contribution in [1.29, 1.82) is 0 Å². The summed E-state index contributed by atoms with van der Waals surface area (Å²) < 4.78 is 0. The van der Waals surface area contributed by atoms with E-state index in [0.717, 1.165) is 37.6 Å². The molecule has 1 atom stereocenters. The van der Waals surface area contributed by atoms with Gasteiger partial charge < -0.3 is 5.21 Å². The van der Waals surface area contributed by atoms with Crippen LogP contribution in [0.5, 0.6) is 0 Å². The van der Waals surface area contributed by atoms with E-state index in [4.69, 9.17) is 10.4 Å². The van der Waals surface area contributed by atoms with Gasteiger partial charge in [-0.15, -0.1) is 4.89 Å². The second-order valence-electron chi connectivity index (χ2n) is 3.02. The molecular weight excluding hydrogens is 204 g/mol. The summed E-state index contributed by atoms with van der Waals surface area (Å²) in [5.74, 6) is -0.479. The van der Waals surface area contributed by atoms with Gasteiger partial charge in [0.1, 0.15) is 5.25 Å². The highest BCUT2D eigenvalue weighted by atomic mass is 32.2. The van der Waals surface area contributed by atoms with Crippen LogP contribution in [-0.2, 0) is 4.79 Å². The first kappa shape index (κ1) is 13.7. The van der Waals surface area contributed by atoms with E-state index in [9.17, 15) is 4.79 Å². The van der Waals surface area contributed by atoms with Crippen molar-refractivity contribution < 1.29 is 15.2 Å². The number of hydroxylamine groups is 1. The Bertz CT molecular complexity index is 158. The molecule has 0 saturated carbocycles. The molecule has 14 heavy (non-hydrogen) atoms. The summed E-state index contributed by atoms with van der Waals surface area (Å²) in [4.78, 5) is 12.9. The van der Waals surface area contributed by atoms with E-state index in [2.05, 4.69) is 6.92 Å². The molecule has 0 radical (unpaired) electrons. The Morgan fingerprint density at radius 3 is 2.57 bits per heavy atom. The van der Waals surface area contributed by atoms with E-state index < -0.39 is 11.2 Å². The van der Waals surface area contributed by atoms with Crippen LogP contribution in [0.15, 0.2) is 0 Å². The van der Waals surface area contributed by atoms with Crippen LogP contribution in [0.1, 0.15) is 39.0 Å². The molecule has 4 N–H and O–H groups in total. The minimum Gasteiger partial charge on any atom is -0.306 e. The van der Waals surface area contributed by atoms with Gasteiger partial charge >= 0.3 is 0 Å². The molecule has 0 aliphatic carbocycles. The maximum Gasteiger partial charge on any atom is 0.257 e. The summed E-state index contributed by atoms with van der Waals surface area (Å²) in [6.07, 6.45) is 4.91. The van der Waals surface area contributed by atoms with Crippen LogP contribution < -0.4 is 10.4 Å². The third-order valence-electron chi connectivity index (χ3n) is 1.92. The Morgan fingerprint density at radius 1 is 1.36 bits per heavy atom. The highest BCUT2D eigenvalue weighted by Crippen LogP contribution is 2.15. The molecular formula is C8H18N2O3S. The van der Waals surface area contributed by atoms with Gasteiger partial charge in [-0.25, -0.2) is 5.48 Å². The molecule has 0 aliphatic rings. The average Bonchev–Trinajstić information content (AvgIpc) is 2.21. The van der Waals surface area contributed by atoms with Gasteiger partial charge in [0.15, 0.2) is 0 Å². The Morgan fingerprint density at radius 2 is 2.07 bits per heavy atom. The molecule has 0 bridgehead atoms. The molecule has 5 nitrogen and oxygen atoms in total. The molecule has 0 aromatic carbocycles. The lowest BCUT2D eigenvalue weighted by Crippen LogP contribution is -2.31. The predicted octanol–water partition coefficient (Wildman–Crippen LogP) is 1.46. The minimum absolute atomic E-state index is 0.443. The van der Waals surface area contributed by atoms with E-state index >= 15 is 0 Å². The highest BCUT2D eigenvalue weighted by Gasteiger charge is 2.17. The molecule has 0 heterocycles. The van der Waals surface area contributed by atoms with Crippen molar-refractivity contribution in [3.05, 3.63) is 0 Å². The van der Waals surface area contributed by atoms with Crippen molar-refractivity contribution in [2.75, 3.05) is 0 Å². The fourth-order valence-electron chi connectivity index (χ4n) is 1.14. The Kier molecular flexibility index (Phi) is 9.06. The summed E-state index contributed by atoms with van der Waals surface area (Å²) in [7, 11) is 0. The fourth-order valence-corrected chi connectivity index (χ4v) is 1.71. The van der Waals surface area contributed by atoms with Gasteiger partial charge in [0.05, 0.1) is 0 Å². The normalized spacial score (nSPS) is 12.5. The first-order chi connectivity index (χ1) is 6.76. The first-order valence-electron chi connectivity index (χ1n) is 4.75. The average molecular weight is 222 g/mol. The maximum atomic E-state index is 11.0. The second-order valence-corrected chi connectivity index (χ2v) is 4.01. The first-order valence-corrected chi connectivity index (χ1v) is 5.62. The summed E-state index contributed by atoms with van der Waals surface area (Å²) >= 11 is 0.901. The van der Waals surface area contributed by atoms with Crippen LogP contribution in [0.2, 0.25) is 0 Å². The third kappa shape index (κ3) is 6.20. The molecule has 84 valence electrons. The van der Waals surface area contributed by atoms with Crippen molar-refractivity contribution in [2.45, 2.75) is 44.3 Å². The predicted molar refractivity (Wildman–Crippen MR) is 55.0 cm³/mol.